The first-order chi connectivity index (χ1) is 16.7. The molecule has 0 amide bonds. The summed E-state index contributed by atoms with van der Waals surface area (Å²) in [6.07, 6.45) is 3.44. The van der Waals surface area contributed by atoms with Crippen molar-refractivity contribution in [2.45, 2.75) is 66.4 Å². The van der Waals surface area contributed by atoms with Crippen LogP contribution >= 0.6 is 0 Å². The molecule has 6 nitrogen and oxygen atoms in total. The van der Waals surface area contributed by atoms with Crippen molar-refractivity contribution in [3.63, 3.8) is 0 Å². The van der Waals surface area contributed by atoms with Crippen LogP contribution in [0.15, 0.2) is 59.7 Å². The van der Waals surface area contributed by atoms with Crippen LogP contribution in [0.1, 0.15) is 73.1 Å². The van der Waals surface area contributed by atoms with Crippen molar-refractivity contribution in [1.29, 1.82) is 0 Å². The van der Waals surface area contributed by atoms with Crippen LogP contribution in [0.5, 0.6) is 5.75 Å². The van der Waals surface area contributed by atoms with Gasteiger partial charge in [-0.15, -0.1) is 0 Å². The maximum atomic E-state index is 12.6. The highest BCUT2D eigenvalue weighted by Gasteiger charge is 2.43. The standard InChI is InChI=1S/C30H34O6/c1-18-8-7-9-24(30(28(34)35)13-12-19(2)22(15-30)27(32)33)23(18)17-36-26-11-10-21(14-20(26)3)25(31)16-29(4,5)6/h7-14H,15-17H2,1-6H3,(H,32,33)(H,34,35). The molecule has 1 atom stereocenters. The summed E-state index contributed by atoms with van der Waals surface area (Å²) in [6.45, 7) is 11.6. The van der Waals surface area contributed by atoms with Crippen molar-refractivity contribution < 1.29 is 29.3 Å². The van der Waals surface area contributed by atoms with Gasteiger partial charge in [-0.2, -0.15) is 0 Å². The van der Waals surface area contributed by atoms with E-state index in [-0.39, 0.29) is 29.8 Å². The van der Waals surface area contributed by atoms with Gasteiger partial charge in [-0.3, -0.25) is 9.59 Å². The molecule has 0 bridgehead atoms. The Morgan fingerprint density at radius 3 is 2.28 bits per heavy atom. The molecule has 0 radical (unpaired) electrons. The Balaban J connectivity index is 1.94. The first-order valence-electron chi connectivity index (χ1n) is 12.0. The van der Waals surface area contributed by atoms with E-state index in [1.165, 1.54) is 0 Å². The summed E-state index contributed by atoms with van der Waals surface area (Å²) in [5.74, 6) is -1.56. The van der Waals surface area contributed by atoms with Gasteiger partial charge < -0.3 is 14.9 Å². The number of carbonyl (C=O) groups excluding carboxylic acids is 1. The highest BCUT2D eigenvalue weighted by atomic mass is 16.5. The monoisotopic (exact) mass is 490 g/mol. The Kier molecular flexibility index (Phi) is 7.58. The minimum Gasteiger partial charge on any atom is -0.489 e. The molecule has 0 spiro atoms. The maximum Gasteiger partial charge on any atom is 0.331 e. The number of hydrogen-bond donors (Lipinski definition) is 2. The third kappa shape index (κ3) is 5.59. The fourth-order valence-corrected chi connectivity index (χ4v) is 4.57. The molecule has 1 aliphatic rings. The molecule has 0 heterocycles. The van der Waals surface area contributed by atoms with Gasteiger partial charge in [0, 0.05) is 24.0 Å². The second-order valence-electron chi connectivity index (χ2n) is 10.8. The van der Waals surface area contributed by atoms with E-state index in [2.05, 4.69) is 0 Å². The number of Topliss-reactive ketones (excluding diaryl/α,β-unsaturated/α-hetero) is 1. The van der Waals surface area contributed by atoms with E-state index in [4.69, 9.17) is 4.74 Å². The number of benzene rings is 2. The van der Waals surface area contributed by atoms with Crippen LogP contribution < -0.4 is 4.74 Å². The van der Waals surface area contributed by atoms with Crippen molar-refractivity contribution in [3.8, 4) is 5.75 Å². The number of carbonyl (C=O) groups is 3. The molecule has 190 valence electrons. The lowest BCUT2D eigenvalue weighted by Crippen LogP contribution is -2.38. The molecule has 0 saturated carbocycles. The number of rotatable bonds is 8. The topological polar surface area (TPSA) is 101 Å². The molecule has 6 heteroatoms. The second kappa shape index (κ2) is 10.1. The van der Waals surface area contributed by atoms with Gasteiger partial charge in [0.2, 0.25) is 0 Å². The first-order valence-corrected chi connectivity index (χ1v) is 12.0. The van der Waals surface area contributed by atoms with Crippen molar-refractivity contribution in [3.05, 3.63) is 87.5 Å². The average Bonchev–Trinajstić information content (AvgIpc) is 2.78. The molecular weight excluding hydrogens is 456 g/mol. The minimum atomic E-state index is -1.52. The predicted octanol–water partition coefficient (Wildman–Crippen LogP) is 6.18. The second-order valence-corrected chi connectivity index (χ2v) is 10.8. The quantitative estimate of drug-likeness (QED) is 0.428. The summed E-state index contributed by atoms with van der Waals surface area (Å²) >= 11 is 0. The third-order valence-electron chi connectivity index (χ3n) is 6.64. The number of ketones is 1. The van der Waals surface area contributed by atoms with Crippen LogP contribution in [-0.2, 0) is 21.6 Å². The summed E-state index contributed by atoms with van der Waals surface area (Å²) in [6, 6.07) is 10.7. The number of aliphatic carboxylic acids is 2. The maximum absolute atomic E-state index is 12.6. The zero-order valence-corrected chi connectivity index (χ0v) is 21.8. The lowest BCUT2D eigenvalue weighted by atomic mass is 9.69. The molecular formula is C30H34O6. The van der Waals surface area contributed by atoms with Gasteiger partial charge in [-0.1, -0.05) is 51.1 Å². The molecule has 2 aromatic rings. The number of aryl methyl sites for hydroxylation is 2. The zero-order valence-electron chi connectivity index (χ0n) is 21.8. The van der Waals surface area contributed by atoms with Gasteiger partial charge in [0.15, 0.2) is 5.78 Å². The summed E-state index contributed by atoms with van der Waals surface area (Å²) in [7, 11) is 0. The molecule has 0 aliphatic heterocycles. The van der Waals surface area contributed by atoms with Gasteiger partial charge >= 0.3 is 11.9 Å². The molecule has 3 rings (SSSR count). The fourth-order valence-electron chi connectivity index (χ4n) is 4.57. The Morgan fingerprint density at radius 1 is 1.00 bits per heavy atom. The Morgan fingerprint density at radius 2 is 1.69 bits per heavy atom. The number of allylic oxidation sites excluding steroid dienone is 2. The Labute approximate surface area is 212 Å². The molecule has 0 aromatic heterocycles. The minimum absolute atomic E-state index is 0.0726. The Bertz CT molecular complexity index is 1270. The van der Waals surface area contributed by atoms with E-state index < -0.39 is 17.4 Å². The number of carboxylic acid groups (broad SMARTS) is 2. The van der Waals surface area contributed by atoms with E-state index >= 15 is 0 Å². The van der Waals surface area contributed by atoms with Gasteiger partial charge in [0.1, 0.15) is 17.8 Å². The largest absolute Gasteiger partial charge is 0.489 e. The van der Waals surface area contributed by atoms with Crippen LogP contribution in [0.2, 0.25) is 0 Å². The number of carboxylic acids is 2. The van der Waals surface area contributed by atoms with Gasteiger partial charge in [-0.05, 0) is 72.2 Å². The molecule has 1 aliphatic carbocycles. The normalized spacial score (nSPS) is 17.7. The highest BCUT2D eigenvalue weighted by molar-refractivity contribution is 5.97. The van der Waals surface area contributed by atoms with Crippen LogP contribution in [-0.4, -0.2) is 27.9 Å². The molecule has 0 saturated heterocycles. The van der Waals surface area contributed by atoms with E-state index in [1.54, 1.807) is 43.3 Å². The SMILES string of the molecule is CC1=C(C(=O)O)CC(C(=O)O)(c2cccc(C)c2COc2ccc(C(=O)CC(C)(C)C)cc2C)C=C1. The Hall–Kier alpha value is -3.67. The van der Waals surface area contributed by atoms with E-state index in [0.29, 0.717) is 34.4 Å². The average molecular weight is 491 g/mol. The van der Waals surface area contributed by atoms with Crippen molar-refractivity contribution in [1.82, 2.24) is 0 Å². The predicted molar refractivity (Wildman–Crippen MR) is 138 cm³/mol. The van der Waals surface area contributed by atoms with Crippen LogP contribution in [0.25, 0.3) is 0 Å². The van der Waals surface area contributed by atoms with Crippen molar-refractivity contribution >= 4 is 17.7 Å². The lowest BCUT2D eigenvalue weighted by molar-refractivity contribution is -0.142. The third-order valence-corrected chi connectivity index (χ3v) is 6.64. The lowest BCUT2D eigenvalue weighted by Gasteiger charge is -2.32. The summed E-state index contributed by atoms with van der Waals surface area (Å²) in [5, 5.41) is 20.0. The van der Waals surface area contributed by atoms with Crippen molar-refractivity contribution in [2.24, 2.45) is 5.41 Å². The first kappa shape index (κ1) is 26.9. The fraction of sp³-hybridized carbons (Fsp3) is 0.367. The summed E-state index contributed by atoms with van der Waals surface area (Å²) in [4.78, 5) is 37.0. The number of ether oxygens (including phenoxy) is 1. The van der Waals surface area contributed by atoms with Crippen LogP contribution in [0.4, 0.5) is 0 Å². The van der Waals surface area contributed by atoms with Gasteiger partial charge in [0.05, 0.1) is 0 Å². The molecule has 36 heavy (non-hydrogen) atoms. The summed E-state index contributed by atoms with van der Waals surface area (Å²) < 4.78 is 6.13. The van der Waals surface area contributed by atoms with Crippen molar-refractivity contribution in [2.75, 3.05) is 0 Å². The van der Waals surface area contributed by atoms with Crippen LogP contribution in [0, 0.1) is 19.3 Å². The van der Waals surface area contributed by atoms with Crippen LogP contribution in [0.3, 0.4) is 0 Å². The van der Waals surface area contributed by atoms with E-state index in [9.17, 15) is 24.6 Å². The zero-order chi connectivity index (χ0) is 26.8. The highest BCUT2D eigenvalue weighted by Crippen LogP contribution is 2.41. The molecule has 0 fully saturated rings. The van der Waals surface area contributed by atoms with Gasteiger partial charge in [-0.25, -0.2) is 4.79 Å². The molecule has 2 aromatic carbocycles. The smallest absolute Gasteiger partial charge is 0.331 e. The summed E-state index contributed by atoms with van der Waals surface area (Å²) in [5.41, 5.74) is 2.49. The van der Waals surface area contributed by atoms with E-state index in [0.717, 1.165) is 11.1 Å². The molecule has 2 N–H and O–H groups in total. The van der Waals surface area contributed by atoms with E-state index in [1.807, 2.05) is 46.8 Å². The van der Waals surface area contributed by atoms with Gasteiger partial charge in [0.25, 0.3) is 0 Å². The number of hydrogen-bond acceptors (Lipinski definition) is 4. The molecule has 1 unspecified atom stereocenters.